The van der Waals surface area contributed by atoms with Crippen LogP contribution in [0.4, 0.5) is 5.69 Å². The van der Waals surface area contributed by atoms with Gasteiger partial charge in [-0.2, -0.15) is 0 Å². The number of fused-ring (bicyclic) bond motifs is 1. The van der Waals surface area contributed by atoms with Gasteiger partial charge in [0.1, 0.15) is 11.3 Å². The second-order valence-corrected chi connectivity index (χ2v) is 6.92. The van der Waals surface area contributed by atoms with E-state index in [1.165, 1.54) is 57.8 Å². The first-order valence-corrected chi connectivity index (χ1v) is 10.5. The Bertz CT molecular complexity index is 592. The number of anilines is 1. The van der Waals surface area contributed by atoms with Gasteiger partial charge in [-0.3, -0.25) is 4.98 Å². The molecule has 0 amide bonds. The van der Waals surface area contributed by atoms with Crippen LogP contribution in [-0.4, -0.2) is 11.6 Å². The zero-order chi connectivity index (χ0) is 19.0. The molecule has 146 valence electrons. The molecule has 1 aromatic carbocycles. The number of benzene rings is 1. The van der Waals surface area contributed by atoms with Crippen LogP contribution in [0, 0.1) is 0 Å². The topological polar surface area (TPSA) is 48.1 Å². The lowest BCUT2D eigenvalue weighted by molar-refractivity contribution is 0.308. The van der Waals surface area contributed by atoms with E-state index in [4.69, 9.17) is 10.5 Å². The number of aromatic nitrogens is 1. The van der Waals surface area contributed by atoms with Gasteiger partial charge in [0.25, 0.3) is 0 Å². The normalized spacial score (nSPS) is 10.4. The first-order chi connectivity index (χ1) is 12.7. The minimum Gasteiger partial charge on any atom is -0.491 e. The Balaban J connectivity index is 0.000000359. The summed E-state index contributed by atoms with van der Waals surface area (Å²) in [6.45, 7) is 7.48. The third-order valence-electron chi connectivity index (χ3n) is 4.41. The van der Waals surface area contributed by atoms with Crippen molar-refractivity contribution in [3.63, 3.8) is 0 Å². The third-order valence-corrected chi connectivity index (χ3v) is 4.41. The molecule has 0 atom stereocenters. The fourth-order valence-electron chi connectivity index (χ4n) is 2.83. The highest BCUT2D eigenvalue weighted by Crippen LogP contribution is 2.24. The molecule has 2 aromatic rings. The summed E-state index contributed by atoms with van der Waals surface area (Å²) in [4.78, 5) is 4.35. The van der Waals surface area contributed by atoms with Crippen molar-refractivity contribution < 1.29 is 4.74 Å². The van der Waals surface area contributed by atoms with E-state index in [1.54, 1.807) is 6.20 Å². The van der Waals surface area contributed by atoms with Gasteiger partial charge in [0.05, 0.1) is 18.5 Å². The number of nitrogen functional groups attached to an aromatic ring is 1. The van der Waals surface area contributed by atoms with E-state index >= 15 is 0 Å². The van der Waals surface area contributed by atoms with E-state index in [2.05, 4.69) is 25.8 Å². The molecule has 2 rings (SSSR count). The molecule has 1 heterocycles. The van der Waals surface area contributed by atoms with Crippen LogP contribution < -0.4 is 10.5 Å². The van der Waals surface area contributed by atoms with E-state index in [9.17, 15) is 0 Å². The smallest absolute Gasteiger partial charge is 0.145 e. The maximum absolute atomic E-state index is 5.80. The van der Waals surface area contributed by atoms with Crippen LogP contribution in [0.25, 0.3) is 10.9 Å². The molecule has 0 aliphatic carbocycles. The lowest BCUT2D eigenvalue weighted by Gasteiger charge is -2.08. The number of nitrogens with zero attached hydrogens (tertiary/aromatic N) is 1. The highest BCUT2D eigenvalue weighted by molar-refractivity contribution is 5.86. The highest BCUT2D eigenvalue weighted by atomic mass is 16.5. The van der Waals surface area contributed by atoms with Crippen molar-refractivity contribution in [1.82, 2.24) is 4.98 Å². The van der Waals surface area contributed by atoms with Gasteiger partial charge in [-0.25, -0.2) is 0 Å². The molecule has 1 aromatic heterocycles. The summed E-state index contributed by atoms with van der Waals surface area (Å²) in [5, 5.41) is 1.03. The molecule has 0 saturated heterocycles. The molecule has 2 N–H and O–H groups in total. The van der Waals surface area contributed by atoms with Crippen molar-refractivity contribution in [3.05, 3.63) is 30.5 Å². The number of nitrogens with two attached hydrogens (primary N) is 1. The fraction of sp³-hybridized carbons (Fsp3) is 0.609. The number of hydrogen-bond acceptors (Lipinski definition) is 3. The van der Waals surface area contributed by atoms with Gasteiger partial charge in [-0.05, 0) is 18.6 Å². The van der Waals surface area contributed by atoms with E-state index in [0.29, 0.717) is 5.69 Å². The summed E-state index contributed by atoms with van der Waals surface area (Å²) in [7, 11) is 0. The summed E-state index contributed by atoms with van der Waals surface area (Å²) in [5.74, 6) is 0.851. The van der Waals surface area contributed by atoms with Crippen LogP contribution in [0.1, 0.15) is 85.0 Å². The molecule has 0 saturated carbocycles. The van der Waals surface area contributed by atoms with Crippen molar-refractivity contribution in [3.8, 4) is 5.75 Å². The minimum atomic E-state index is 0.683. The van der Waals surface area contributed by atoms with Gasteiger partial charge in [0.15, 0.2) is 0 Å². The monoisotopic (exact) mass is 358 g/mol. The first-order valence-electron chi connectivity index (χ1n) is 10.5. The van der Waals surface area contributed by atoms with Crippen LogP contribution in [0.5, 0.6) is 5.75 Å². The lowest BCUT2D eigenvalue weighted by atomic mass is 10.1. The Morgan fingerprint density at radius 3 is 2.08 bits per heavy atom. The molecular weight excluding hydrogens is 320 g/mol. The average molecular weight is 359 g/mol. The molecule has 0 bridgehead atoms. The van der Waals surface area contributed by atoms with E-state index in [0.717, 1.165) is 29.7 Å². The Labute approximate surface area is 160 Å². The first kappa shape index (κ1) is 22.3. The van der Waals surface area contributed by atoms with Crippen LogP contribution in [0.2, 0.25) is 0 Å². The zero-order valence-electron chi connectivity index (χ0n) is 17.1. The standard InChI is InChI=1S/C15H20N2O.C8H18/c1-2-3-4-5-9-18-14-8-6-7-12-10-13(16)11-17-15(12)14;1-3-5-7-8-6-4-2/h6-8,10-11H,2-5,9,16H2,1H3;3-8H2,1-2H3. The lowest BCUT2D eigenvalue weighted by Crippen LogP contribution is -1.98. The fourth-order valence-corrected chi connectivity index (χ4v) is 2.83. The van der Waals surface area contributed by atoms with Crippen LogP contribution in [0.15, 0.2) is 30.5 Å². The second-order valence-electron chi connectivity index (χ2n) is 6.92. The van der Waals surface area contributed by atoms with E-state index in [1.807, 2.05) is 24.3 Å². The van der Waals surface area contributed by atoms with Crippen molar-refractivity contribution in [2.45, 2.75) is 85.0 Å². The SMILES string of the molecule is CCCCCCCC.CCCCCCOc1cccc2cc(N)cnc12. The van der Waals surface area contributed by atoms with Gasteiger partial charge in [0.2, 0.25) is 0 Å². The number of para-hydroxylation sites is 1. The van der Waals surface area contributed by atoms with Gasteiger partial charge < -0.3 is 10.5 Å². The van der Waals surface area contributed by atoms with Crippen LogP contribution >= 0.6 is 0 Å². The molecule has 0 fully saturated rings. The highest BCUT2D eigenvalue weighted by Gasteiger charge is 2.03. The Morgan fingerprint density at radius 1 is 0.846 bits per heavy atom. The maximum atomic E-state index is 5.80. The third kappa shape index (κ3) is 9.07. The Hall–Kier alpha value is -1.77. The van der Waals surface area contributed by atoms with Gasteiger partial charge in [0, 0.05) is 5.39 Å². The Kier molecular flexibility index (Phi) is 12.3. The molecule has 0 radical (unpaired) electrons. The summed E-state index contributed by atoms with van der Waals surface area (Å²) in [5.41, 5.74) is 7.30. The van der Waals surface area contributed by atoms with E-state index in [-0.39, 0.29) is 0 Å². The number of ether oxygens (including phenoxy) is 1. The van der Waals surface area contributed by atoms with Crippen molar-refractivity contribution in [2.24, 2.45) is 0 Å². The number of unbranched alkanes of at least 4 members (excludes halogenated alkanes) is 8. The van der Waals surface area contributed by atoms with Crippen molar-refractivity contribution in [1.29, 1.82) is 0 Å². The van der Waals surface area contributed by atoms with Crippen molar-refractivity contribution >= 4 is 16.6 Å². The second kappa shape index (κ2) is 14.4. The molecule has 0 aliphatic heterocycles. The molecule has 3 nitrogen and oxygen atoms in total. The molecule has 0 aliphatic rings. The summed E-state index contributed by atoms with van der Waals surface area (Å²) in [6.07, 6.45) is 15.0. The molecular formula is C23H38N2O. The number of pyridine rings is 1. The van der Waals surface area contributed by atoms with Gasteiger partial charge >= 0.3 is 0 Å². The molecule has 0 spiro atoms. The van der Waals surface area contributed by atoms with Crippen LogP contribution in [-0.2, 0) is 0 Å². The molecule has 26 heavy (non-hydrogen) atoms. The van der Waals surface area contributed by atoms with Crippen molar-refractivity contribution in [2.75, 3.05) is 12.3 Å². The average Bonchev–Trinajstić information content (AvgIpc) is 2.65. The van der Waals surface area contributed by atoms with E-state index < -0.39 is 0 Å². The predicted molar refractivity (Wildman–Crippen MR) is 115 cm³/mol. The maximum Gasteiger partial charge on any atom is 0.145 e. The molecule has 0 unspecified atom stereocenters. The molecule has 3 heteroatoms. The summed E-state index contributed by atoms with van der Waals surface area (Å²) < 4.78 is 5.80. The summed E-state index contributed by atoms with van der Waals surface area (Å²) in [6, 6.07) is 7.87. The minimum absolute atomic E-state index is 0.683. The van der Waals surface area contributed by atoms with Gasteiger partial charge in [-0.15, -0.1) is 0 Å². The number of rotatable bonds is 11. The zero-order valence-corrected chi connectivity index (χ0v) is 17.1. The Morgan fingerprint density at radius 2 is 1.46 bits per heavy atom. The predicted octanol–water partition coefficient (Wildman–Crippen LogP) is 7.14. The quantitative estimate of drug-likeness (QED) is 0.434. The van der Waals surface area contributed by atoms with Gasteiger partial charge in [-0.1, -0.05) is 90.7 Å². The summed E-state index contributed by atoms with van der Waals surface area (Å²) >= 11 is 0. The largest absolute Gasteiger partial charge is 0.491 e. The van der Waals surface area contributed by atoms with Crippen LogP contribution in [0.3, 0.4) is 0 Å². The number of hydrogen-bond donors (Lipinski definition) is 1.